The molecule has 4 nitrogen and oxygen atoms in total. The average molecular weight is 274 g/mol. The highest BCUT2D eigenvalue weighted by Crippen LogP contribution is 2.16. The molecule has 0 aliphatic heterocycles. The fraction of sp³-hybridized carbons (Fsp3) is 0.300. The zero-order valence-electron chi connectivity index (χ0n) is 8.16. The zero-order valence-corrected chi connectivity index (χ0v) is 9.75. The van der Waals surface area contributed by atoms with Crippen LogP contribution in [0.15, 0.2) is 34.3 Å². The van der Waals surface area contributed by atoms with Crippen molar-refractivity contribution in [1.82, 2.24) is 5.32 Å². The van der Waals surface area contributed by atoms with E-state index in [0.717, 1.165) is 6.42 Å². The summed E-state index contributed by atoms with van der Waals surface area (Å²) < 4.78 is 10.3. The minimum Gasteiger partial charge on any atom is -0.502 e. The first kappa shape index (κ1) is 11.8. The van der Waals surface area contributed by atoms with Gasteiger partial charge in [-0.25, -0.2) is 0 Å². The summed E-state index contributed by atoms with van der Waals surface area (Å²) in [5.74, 6) is -0.158. The standard InChI is InChI=1S/C10H12BrNO3/c1-2-14-6-3-5-12-10(13)8-4-7-15-9(8)11/h2,4,7H,1,3,5-6H2,(H,12,13). The third kappa shape index (κ3) is 3.79. The van der Waals surface area contributed by atoms with Gasteiger partial charge in [0.25, 0.3) is 5.91 Å². The van der Waals surface area contributed by atoms with Crippen molar-refractivity contribution in [3.8, 4) is 0 Å². The summed E-state index contributed by atoms with van der Waals surface area (Å²) in [6, 6.07) is 1.61. The lowest BCUT2D eigenvalue weighted by molar-refractivity contribution is 0.0948. The van der Waals surface area contributed by atoms with Crippen LogP contribution in [0.1, 0.15) is 16.8 Å². The Morgan fingerprint density at radius 3 is 3.13 bits per heavy atom. The van der Waals surface area contributed by atoms with E-state index in [1.807, 2.05) is 0 Å². The van der Waals surface area contributed by atoms with Crippen LogP contribution in [0.5, 0.6) is 0 Å². The fourth-order valence-electron chi connectivity index (χ4n) is 0.992. The number of hydrogen-bond donors (Lipinski definition) is 1. The molecule has 0 saturated heterocycles. The normalized spacial score (nSPS) is 9.67. The molecule has 1 amide bonds. The van der Waals surface area contributed by atoms with Crippen molar-refractivity contribution in [3.63, 3.8) is 0 Å². The van der Waals surface area contributed by atoms with Crippen LogP contribution in [-0.2, 0) is 4.74 Å². The Morgan fingerprint density at radius 1 is 1.73 bits per heavy atom. The molecule has 0 spiro atoms. The van der Waals surface area contributed by atoms with Crippen LogP contribution in [0.25, 0.3) is 0 Å². The molecule has 0 fully saturated rings. The second-order valence-corrected chi connectivity index (χ2v) is 3.48. The lowest BCUT2D eigenvalue weighted by Gasteiger charge is -2.03. The molecule has 0 aromatic carbocycles. The van der Waals surface area contributed by atoms with E-state index in [-0.39, 0.29) is 5.91 Å². The van der Waals surface area contributed by atoms with Gasteiger partial charge in [0.15, 0.2) is 4.67 Å². The van der Waals surface area contributed by atoms with Crippen molar-refractivity contribution in [2.45, 2.75) is 6.42 Å². The Bertz CT molecular complexity index is 335. The van der Waals surface area contributed by atoms with Crippen molar-refractivity contribution in [1.29, 1.82) is 0 Å². The highest BCUT2D eigenvalue weighted by Gasteiger charge is 2.11. The van der Waals surface area contributed by atoms with Gasteiger partial charge in [-0.1, -0.05) is 6.58 Å². The first-order chi connectivity index (χ1) is 7.25. The highest BCUT2D eigenvalue weighted by molar-refractivity contribution is 9.10. The molecule has 0 saturated carbocycles. The van der Waals surface area contributed by atoms with Gasteiger partial charge in [-0.3, -0.25) is 4.79 Å². The molecule has 1 rings (SSSR count). The maximum Gasteiger partial charge on any atom is 0.255 e. The smallest absolute Gasteiger partial charge is 0.255 e. The molecule has 5 heteroatoms. The Kier molecular flexibility index (Phi) is 4.97. The topological polar surface area (TPSA) is 51.5 Å². The predicted molar refractivity (Wildman–Crippen MR) is 59.5 cm³/mol. The van der Waals surface area contributed by atoms with Crippen LogP contribution in [0.3, 0.4) is 0 Å². The number of hydrogen-bond acceptors (Lipinski definition) is 3. The molecule has 1 aromatic heterocycles. The van der Waals surface area contributed by atoms with E-state index in [2.05, 4.69) is 27.8 Å². The molecule has 1 aromatic rings. The number of furan rings is 1. The van der Waals surface area contributed by atoms with Gasteiger partial charge in [0, 0.05) is 6.54 Å². The van der Waals surface area contributed by atoms with Gasteiger partial charge >= 0.3 is 0 Å². The van der Waals surface area contributed by atoms with Gasteiger partial charge < -0.3 is 14.5 Å². The minimum atomic E-state index is -0.158. The molecule has 15 heavy (non-hydrogen) atoms. The summed E-state index contributed by atoms with van der Waals surface area (Å²) in [7, 11) is 0. The maximum atomic E-state index is 11.5. The van der Waals surface area contributed by atoms with Gasteiger partial charge in [-0.15, -0.1) is 0 Å². The molecular formula is C10H12BrNO3. The Morgan fingerprint density at radius 2 is 2.53 bits per heavy atom. The fourth-order valence-corrected chi connectivity index (χ4v) is 1.41. The summed E-state index contributed by atoms with van der Waals surface area (Å²) in [5, 5.41) is 2.74. The molecule has 0 bridgehead atoms. The van der Waals surface area contributed by atoms with E-state index in [1.54, 1.807) is 6.07 Å². The third-order valence-electron chi connectivity index (χ3n) is 1.70. The van der Waals surface area contributed by atoms with Crippen LogP contribution in [0, 0.1) is 0 Å². The first-order valence-corrected chi connectivity index (χ1v) is 5.28. The SMILES string of the molecule is C=COCCCNC(=O)c1ccoc1Br. The van der Waals surface area contributed by atoms with Crippen LogP contribution in [0.2, 0.25) is 0 Å². The monoisotopic (exact) mass is 273 g/mol. The van der Waals surface area contributed by atoms with E-state index >= 15 is 0 Å². The number of carbonyl (C=O) groups excluding carboxylic acids is 1. The Hall–Kier alpha value is -1.23. The van der Waals surface area contributed by atoms with Crippen molar-refractivity contribution >= 4 is 21.8 Å². The van der Waals surface area contributed by atoms with Crippen molar-refractivity contribution in [3.05, 3.63) is 35.4 Å². The van der Waals surface area contributed by atoms with Crippen LogP contribution in [-0.4, -0.2) is 19.1 Å². The van der Waals surface area contributed by atoms with E-state index in [9.17, 15) is 4.79 Å². The Balaban J connectivity index is 2.25. The van der Waals surface area contributed by atoms with Crippen LogP contribution < -0.4 is 5.32 Å². The van der Waals surface area contributed by atoms with Gasteiger partial charge in [0.1, 0.15) is 0 Å². The van der Waals surface area contributed by atoms with Crippen molar-refractivity contribution in [2.75, 3.05) is 13.2 Å². The minimum absolute atomic E-state index is 0.158. The third-order valence-corrected chi connectivity index (χ3v) is 2.32. The molecule has 0 aliphatic carbocycles. The molecule has 0 atom stereocenters. The number of amides is 1. The Labute approximate surface area is 96.4 Å². The number of ether oxygens (including phenoxy) is 1. The second-order valence-electron chi connectivity index (χ2n) is 2.75. The second kappa shape index (κ2) is 6.29. The molecule has 1 heterocycles. The summed E-state index contributed by atoms with van der Waals surface area (Å²) in [6.07, 6.45) is 3.58. The summed E-state index contributed by atoms with van der Waals surface area (Å²) >= 11 is 3.14. The average Bonchev–Trinajstić information content (AvgIpc) is 2.64. The summed E-state index contributed by atoms with van der Waals surface area (Å²) in [5.41, 5.74) is 0.500. The molecular weight excluding hydrogens is 262 g/mol. The first-order valence-electron chi connectivity index (χ1n) is 4.49. The van der Waals surface area contributed by atoms with Gasteiger partial charge in [-0.2, -0.15) is 0 Å². The van der Waals surface area contributed by atoms with Crippen molar-refractivity contribution in [2.24, 2.45) is 0 Å². The number of rotatable bonds is 6. The van der Waals surface area contributed by atoms with E-state index in [4.69, 9.17) is 9.15 Å². The molecule has 0 unspecified atom stereocenters. The zero-order chi connectivity index (χ0) is 11.1. The van der Waals surface area contributed by atoms with Gasteiger partial charge in [0.2, 0.25) is 0 Å². The van der Waals surface area contributed by atoms with Gasteiger partial charge in [-0.05, 0) is 28.4 Å². The quantitative estimate of drug-likeness (QED) is 0.639. The van der Waals surface area contributed by atoms with Gasteiger partial charge in [0.05, 0.1) is 24.7 Å². The number of halogens is 1. The van der Waals surface area contributed by atoms with E-state index < -0.39 is 0 Å². The maximum absolute atomic E-state index is 11.5. The largest absolute Gasteiger partial charge is 0.502 e. The number of carbonyl (C=O) groups is 1. The highest BCUT2D eigenvalue weighted by atomic mass is 79.9. The van der Waals surface area contributed by atoms with Crippen LogP contribution in [0.4, 0.5) is 0 Å². The van der Waals surface area contributed by atoms with Crippen LogP contribution >= 0.6 is 15.9 Å². The molecule has 0 aliphatic rings. The summed E-state index contributed by atoms with van der Waals surface area (Å²) in [6.45, 7) is 4.53. The predicted octanol–water partition coefficient (Wildman–Crippen LogP) is 2.32. The number of nitrogens with one attached hydrogen (secondary N) is 1. The summed E-state index contributed by atoms with van der Waals surface area (Å²) in [4.78, 5) is 11.5. The molecule has 1 N–H and O–H groups in total. The molecule has 0 radical (unpaired) electrons. The van der Waals surface area contributed by atoms with Crippen molar-refractivity contribution < 1.29 is 13.9 Å². The lowest BCUT2D eigenvalue weighted by Crippen LogP contribution is -2.24. The van der Waals surface area contributed by atoms with E-state index in [0.29, 0.717) is 23.4 Å². The molecule has 82 valence electrons. The van der Waals surface area contributed by atoms with E-state index in [1.165, 1.54) is 12.5 Å². The lowest BCUT2D eigenvalue weighted by atomic mass is 10.3.